The minimum absolute atomic E-state index is 0.573. The molecule has 0 aromatic rings. The van der Waals surface area contributed by atoms with E-state index in [9.17, 15) is 0 Å². The summed E-state index contributed by atoms with van der Waals surface area (Å²) < 4.78 is 0. The van der Waals surface area contributed by atoms with Crippen LogP contribution in [-0.4, -0.2) is 19.1 Å². The zero-order valence-corrected chi connectivity index (χ0v) is 8.40. The zero-order valence-electron chi connectivity index (χ0n) is 8.40. The van der Waals surface area contributed by atoms with Gasteiger partial charge < -0.3 is 11.1 Å². The molecule has 1 saturated carbocycles. The first-order valence-corrected chi connectivity index (χ1v) is 5.16. The van der Waals surface area contributed by atoms with Crippen molar-refractivity contribution in [3.63, 3.8) is 0 Å². The zero-order chi connectivity index (χ0) is 9.03. The number of hydrogen-bond donors (Lipinski definition) is 2. The summed E-state index contributed by atoms with van der Waals surface area (Å²) in [5.74, 6) is 0. The fraction of sp³-hybridized carbons (Fsp3) is 1.00. The Labute approximate surface area is 75.9 Å². The van der Waals surface area contributed by atoms with E-state index in [0.717, 1.165) is 19.1 Å². The van der Waals surface area contributed by atoms with Crippen molar-refractivity contribution in [3.05, 3.63) is 0 Å². The molecule has 12 heavy (non-hydrogen) atoms. The molecule has 1 aliphatic carbocycles. The van der Waals surface area contributed by atoms with Crippen LogP contribution >= 0.6 is 0 Å². The number of hydrogen-bond acceptors (Lipinski definition) is 2. The fourth-order valence-corrected chi connectivity index (χ4v) is 2.26. The van der Waals surface area contributed by atoms with Gasteiger partial charge in [-0.2, -0.15) is 0 Å². The van der Waals surface area contributed by atoms with Gasteiger partial charge in [-0.05, 0) is 24.7 Å². The van der Waals surface area contributed by atoms with Gasteiger partial charge in [-0.1, -0.05) is 20.3 Å². The Morgan fingerprint density at radius 1 is 1.58 bits per heavy atom. The summed E-state index contributed by atoms with van der Waals surface area (Å²) in [5.41, 5.74) is 6.03. The first-order chi connectivity index (χ1) is 5.73. The third-order valence-electron chi connectivity index (χ3n) is 3.20. The van der Waals surface area contributed by atoms with Gasteiger partial charge in [0.15, 0.2) is 0 Å². The summed E-state index contributed by atoms with van der Waals surface area (Å²) >= 11 is 0. The van der Waals surface area contributed by atoms with Gasteiger partial charge in [0.25, 0.3) is 0 Å². The molecule has 2 nitrogen and oxygen atoms in total. The Morgan fingerprint density at radius 3 is 2.75 bits per heavy atom. The molecule has 72 valence electrons. The van der Waals surface area contributed by atoms with Crippen molar-refractivity contribution in [2.24, 2.45) is 11.1 Å². The highest BCUT2D eigenvalue weighted by molar-refractivity contribution is 4.96. The maximum Gasteiger partial charge on any atom is 0.0122 e. The minimum atomic E-state index is 0.573. The van der Waals surface area contributed by atoms with Crippen molar-refractivity contribution in [3.8, 4) is 0 Å². The Bertz CT molecular complexity index is 136. The summed E-state index contributed by atoms with van der Waals surface area (Å²) in [5, 5.41) is 3.52. The first kappa shape index (κ1) is 10.0. The SMILES string of the molecule is CCCC1(C)CCC1NCCN. The highest BCUT2D eigenvalue weighted by Gasteiger charge is 2.40. The maximum atomic E-state index is 5.46. The Balaban J connectivity index is 2.26. The molecule has 0 heterocycles. The molecule has 0 saturated heterocycles. The van der Waals surface area contributed by atoms with Gasteiger partial charge >= 0.3 is 0 Å². The van der Waals surface area contributed by atoms with Crippen molar-refractivity contribution in [2.45, 2.75) is 45.6 Å². The molecule has 3 N–H and O–H groups in total. The molecule has 0 amide bonds. The Kier molecular flexibility index (Phi) is 3.53. The number of nitrogens with two attached hydrogens (primary N) is 1. The molecule has 0 radical (unpaired) electrons. The molecule has 1 rings (SSSR count). The summed E-state index contributed by atoms with van der Waals surface area (Å²) in [6.07, 6.45) is 5.39. The normalized spacial score (nSPS) is 34.8. The van der Waals surface area contributed by atoms with Crippen molar-refractivity contribution >= 4 is 0 Å². The molecule has 0 spiro atoms. The van der Waals surface area contributed by atoms with Gasteiger partial charge in [0, 0.05) is 19.1 Å². The van der Waals surface area contributed by atoms with E-state index >= 15 is 0 Å². The van der Waals surface area contributed by atoms with Crippen LogP contribution in [0, 0.1) is 5.41 Å². The molecule has 1 fully saturated rings. The Morgan fingerprint density at radius 2 is 2.33 bits per heavy atom. The summed E-state index contributed by atoms with van der Waals surface area (Å²) in [6, 6.07) is 0.737. The van der Waals surface area contributed by atoms with E-state index < -0.39 is 0 Å². The van der Waals surface area contributed by atoms with Gasteiger partial charge in [0.05, 0.1) is 0 Å². The average molecular weight is 170 g/mol. The van der Waals surface area contributed by atoms with E-state index in [-0.39, 0.29) is 0 Å². The van der Waals surface area contributed by atoms with E-state index in [1.807, 2.05) is 0 Å². The summed E-state index contributed by atoms with van der Waals surface area (Å²) in [4.78, 5) is 0. The van der Waals surface area contributed by atoms with Crippen LogP contribution in [0.3, 0.4) is 0 Å². The molecule has 1 aliphatic rings. The van der Waals surface area contributed by atoms with Crippen LogP contribution in [-0.2, 0) is 0 Å². The van der Waals surface area contributed by atoms with E-state index in [4.69, 9.17) is 5.73 Å². The quantitative estimate of drug-likeness (QED) is 0.656. The highest BCUT2D eigenvalue weighted by Crippen LogP contribution is 2.44. The lowest BCUT2D eigenvalue weighted by Crippen LogP contribution is -2.52. The van der Waals surface area contributed by atoms with Crippen LogP contribution in [0.5, 0.6) is 0 Å². The predicted molar refractivity (Wildman–Crippen MR) is 53.1 cm³/mol. The second kappa shape index (κ2) is 4.24. The van der Waals surface area contributed by atoms with E-state index in [1.54, 1.807) is 0 Å². The molecular weight excluding hydrogens is 148 g/mol. The lowest BCUT2D eigenvalue weighted by molar-refractivity contribution is 0.0762. The number of rotatable bonds is 5. The molecule has 0 aromatic heterocycles. The lowest BCUT2D eigenvalue weighted by atomic mass is 9.63. The third-order valence-corrected chi connectivity index (χ3v) is 3.20. The summed E-state index contributed by atoms with van der Waals surface area (Å²) in [6.45, 7) is 6.40. The molecule has 0 bridgehead atoms. The van der Waals surface area contributed by atoms with Gasteiger partial charge in [-0.15, -0.1) is 0 Å². The number of nitrogens with one attached hydrogen (secondary N) is 1. The van der Waals surface area contributed by atoms with E-state index in [2.05, 4.69) is 19.2 Å². The Hall–Kier alpha value is -0.0800. The van der Waals surface area contributed by atoms with Crippen LogP contribution in [0.1, 0.15) is 39.5 Å². The molecule has 2 unspecified atom stereocenters. The van der Waals surface area contributed by atoms with Crippen molar-refractivity contribution in [1.82, 2.24) is 5.32 Å². The average Bonchev–Trinajstić information content (AvgIpc) is 2.04. The van der Waals surface area contributed by atoms with Crippen molar-refractivity contribution in [2.75, 3.05) is 13.1 Å². The molecule has 2 heteroatoms. The lowest BCUT2D eigenvalue weighted by Gasteiger charge is -2.48. The first-order valence-electron chi connectivity index (χ1n) is 5.16. The highest BCUT2D eigenvalue weighted by atomic mass is 15.0. The smallest absolute Gasteiger partial charge is 0.0122 e. The molecule has 0 aliphatic heterocycles. The van der Waals surface area contributed by atoms with Crippen molar-refractivity contribution in [1.29, 1.82) is 0 Å². The van der Waals surface area contributed by atoms with E-state index in [1.165, 1.54) is 25.7 Å². The predicted octanol–water partition coefficient (Wildman–Crippen LogP) is 1.50. The fourth-order valence-electron chi connectivity index (χ4n) is 2.26. The maximum absolute atomic E-state index is 5.46. The minimum Gasteiger partial charge on any atom is -0.329 e. The topological polar surface area (TPSA) is 38.0 Å². The largest absolute Gasteiger partial charge is 0.329 e. The molecule has 0 aromatic carbocycles. The second-order valence-electron chi connectivity index (χ2n) is 4.24. The summed E-state index contributed by atoms with van der Waals surface area (Å²) in [7, 11) is 0. The second-order valence-corrected chi connectivity index (χ2v) is 4.24. The molecule has 2 atom stereocenters. The van der Waals surface area contributed by atoms with Crippen LogP contribution in [0.15, 0.2) is 0 Å². The standard InChI is InChI=1S/C10H22N2/c1-3-5-10(2)6-4-9(10)12-8-7-11/h9,12H,3-8,11H2,1-2H3. The molecular formula is C10H22N2. The van der Waals surface area contributed by atoms with Crippen LogP contribution in [0.4, 0.5) is 0 Å². The van der Waals surface area contributed by atoms with Crippen LogP contribution in [0.25, 0.3) is 0 Å². The van der Waals surface area contributed by atoms with Gasteiger partial charge in [0.2, 0.25) is 0 Å². The van der Waals surface area contributed by atoms with Gasteiger partial charge in [-0.25, -0.2) is 0 Å². The van der Waals surface area contributed by atoms with Gasteiger partial charge in [-0.3, -0.25) is 0 Å². The third kappa shape index (κ3) is 1.99. The van der Waals surface area contributed by atoms with Crippen LogP contribution in [0.2, 0.25) is 0 Å². The van der Waals surface area contributed by atoms with E-state index in [0.29, 0.717) is 5.41 Å². The van der Waals surface area contributed by atoms with Gasteiger partial charge in [0.1, 0.15) is 0 Å². The van der Waals surface area contributed by atoms with Crippen molar-refractivity contribution < 1.29 is 0 Å². The van der Waals surface area contributed by atoms with Crippen LogP contribution < -0.4 is 11.1 Å². The monoisotopic (exact) mass is 170 g/mol.